The maximum absolute atomic E-state index is 13.0. The van der Waals surface area contributed by atoms with Crippen molar-refractivity contribution in [1.29, 1.82) is 0 Å². The van der Waals surface area contributed by atoms with Crippen molar-refractivity contribution in [2.45, 2.75) is 56.7 Å². The highest BCUT2D eigenvalue weighted by molar-refractivity contribution is 7.92. The van der Waals surface area contributed by atoms with Crippen molar-refractivity contribution in [2.24, 2.45) is 5.92 Å². The molecule has 0 N–H and O–H groups in total. The summed E-state index contributed by atoms with van der Waals surface area (Å²) in [6, 6.07) is 12.5. The Hall–Kier alpha value is -2.67. The average Bonchev–Trinajstić information content (AvgIpc) is 3.57. The number of hydrogen-bond donors (Lipinski definition) is 0. The van der Waals surface area contributed by atoms with E-state index < -0.39 is 15.1 Å². The smallest absolute Gasteiger partial charge is 0.230 e. The summed E-state index contributed by atoms with van der Waals surface area (Å²) in [5, 5.41) is -0.483. The van der Waals surface area contributed by atoms with E-state index in [9.17, 15) is 18.0 Å². The molecular formula is C24H28N2O4S. The van der Waals surface area contributed by atoms with Crippen molar-refractivity contribution < 1.29 is 18.0 Å². The summed E-state index contributed by atoms with van der Waals surface area (Å²) in [5.41, 5.74) is 3.21. The second-order valence-electron chi connectivity index (χ2n) is 8.78. The van der Waals surface area contributed by atoms with Gasteiger partial charge >= 0.3 is 0 Å². The van der Waals surface area contributed by atoms with E-state index in [0.29, 0.717) is 11.4 Å². The van der Waals surface area contributed by atoms with Gasteiger partial charge in [-0.25, -0.2) is 8.42 Å². The number of rotatable bonds is 4. The topological polar surface area (TPSA) is 74.8 Å². The van der Waals surface area contributed by atoms with Crippen LogP contribution in [0.4, 0.5) is 11.4 Å². The molecule has 0 saturated heterocycles. The predicted molar refractivity (Wildman–Crippen MR) is 122 cm³/mol. The zero-order valence-electron chi connectivity index (χ0n) is 18.3. The van der Waals surface area contributed by atoms with Crippen LogP contribution in [0.1, 0.15) is 40.5 Å². The highest BCUT2D eigenvalue weighted by Crippen LogP contribution is 2.42. The third-order valence-corrected chi connectivity index (χ3v) is 8.25. The Morgan fingerprint density at radius 3 is 2.13 bits per heavy atom. The molecule has 1 atom stereocenters. The molecule has 0 aromatic heterocycles. The molecule has 2 aliphatic rings. The van der Waals surface area contributed by atoms with E-state index >= 15 is 0 Å². The van der Waals surface area contributed by atoms with Crippen LogP contribution in [0.5, 0.6) is 0 Å². The summed E-state index contributed by atoms with van der Waals surface area (Å²) in [7, 11) is -3.33. The number of hydrogen-bond acceptors (Lipinski definition) is 4. The van der Waals surface area contributed by atoms with Gasteiger partial charge in [-0.2, -0.15) is 0 Å². The van der Waals surface area contributed by atoms with E-state index in [1.54, 1.807) is 49.9 Å². The van der Waals surface area contributed by atoms with Crippen molar-refractivity contribution in [2.75, 3.05) is 16.3 Å². The van der Waals surface area contributed by atoms with Crippen molar-refractivity contribution in [3.63, 3.8) is 0 Å². The van der Waals surface area contributed by atoms with Gasteiger partial charge in [-0.05, 0) is 69.0 Å². The third kappa shape index (κ3) is 3.87. The second kappa shape index (κ2) is 7.79. The minimum absolute atomic E-state index is 0.0525. The molecule has 0 radical (unpaired) electrons. The summed E-state index contributed by atoms with van der Waals surface area (Å²) in [6.45, 7) is 7.30. The number of anilines is 2. The summed E-state index contributed by atoms with van der Waals surface area (Å²) in [4.78, 5) is 29.1. The maximum atomic E-state index is 13.0. The molecule has 1 heterocycles. The Morgan fingerprint density at radius 2 is 1.58 bits per heavy atom. The summed E-state index contributed by atoms with van der Waals surface area (Å²) in [6.07, 6.45) is 1.84. The van der Waals surface area contributed by atoms with Crippen LogP contribution in [-0.4, -0.2) is 38.1 Å². The molecule has 7 heteroatoms. The van der Waals surface area contributed by atoms with Crippen molar-refractivity contribution in [3.05, 3.63) is 42.5 Å². The number of carbonyl (C=O) groups is 2. The van der Waals surface area contributed by atoms with Crippen LogP contribution < -0.4 is 9.80 Å². The predicted octanol–water partition coefficient (Wildman–Crippen LogP) is 4.03. The molecule has 1 fully saturated rings. The Kier molecular flexibility index (Phi) is 5.41. The molecule has 1 unspecified atom stereocenters. The molecular weight excluding hydrogens is 412 g/mol. The zero-order valence-corrected chi connectivity index (χ0v) is 19.1. The first-order valence-electron chi connectivity index (χ1n) is 10.7. The molecule has 6 nitrogen and oxygen atoms in total. The molecule has 2 amide bonds. The molecule has 1 saturated carbocycles. The highest BCUT2D eigenvalue weighted by atomic mass is 32.2. The van der Waals surface area contributed by atoms with E-state index in [1.165, 1.54) is 0 Å². The van der Waals surface area contributed by atoms with Crippen LogP contribution in [-0.2, 0) is 19.4 Å². The first-order chi connectivity index (χ1) is 14.6. The first-order valence-corrected chi connectivity index (χ1v) is 12.3. The fourth-order valence-corrected chi connectivity index (χ4v) is 5.21. The summed E-state index contributed by atoms with van der Waals surface area (Å²) >= 11 is 0. The molecule has 1 aliphatic carbocycles. The fraction of sp³-hybridized carbons (Fsp3) is 0.417. The lowest BCUT2D eigenvalue weighted by atomic mass is 10.00. The van der Waals surface area contributed by atoms with Crippen LogP contribution in [0.3, 0.4) is 0 Å². The van der Waals surface area contributed by atoms with Gasteiger partial charge in [0.1, 0.15) is 0 Å². The lowest BCUT2D eigenvalue weighted by Gasteiger charge is -2.41. The monoisotopic (exact) mass is 440 g/mol. The van der Waals surface area contributed by atoms with E-state index in [0.717, 1.165) is 35.3 Å². The minimum atomic E-state index is -3.33. The van der Waals surface area contributed by atoms with Crippen LogP contribution in [0.25, 0.3) is 11.1 Å². The molecule has 4 rings (SSSR count). The van der Waals surface area contributed by atoms with Crippen molar-refractivity contribution >= 4 is 33.0 Å². The van der Waals surface area contributed by atoms with E-state index in [2.05, 4.69) is 0 Å². The van der Waals surface area contributed by atoms with Gasteiger partial charge < -0.3 is 9.80 Å². The third-order valence-electron chi connectivity index (χ3n) is 6.08. The minimum Gasteiger partial charge on any atom is -0.308 e. The number of fused-ring (bicyclic) bond motifs is 1. The quantitative estimate of drug-likeness (QED) is 0.719. The van der Waals surface area contributed by atoms with Crippen LogP contribution in [0.2, 0.25) is 0 Å². The van der Waals surface area contributed by atoms with Gasteiger partial charge in [-0.15, -0.1) is 0 Å². The molecule has 31 heavy (non-hydrogen) atoms. The summed E-state index contributed by atoms with van der Waals surface area (Å²) < 4.78 is 24.8. The molecule has 1 aliphatic heterocycles. The number of nitrogens with zero attached hydrogens (tertiary/aromatic N) is 2. The normalized spacial score (nSPS) is 18.8. The van der Waals surface area contributed by atoms with E-state index in [4.69, 9.17) is 0 Å². The molecule has 164 valence electrons. The number of benzene rings is 2. The Labute approximate surface area is 183 Å². The molecule has 2 aromatic carbocycles. The Balaban J connectivity index is 1.76. The van der Waals surface area contributed by atoms with Crippen molar-refractivity contribution in [1.82, 2.24) is 0 Å². The standard InChI is InChI=1S/C24H28N2O4S/c1-15(2)31(29,30)21-10-7-18(8-11-21)20-9-12-22-23(13-20)25(24(28)19-5-6-19)14-16(3)26(22)17(4)27/h7-13,15-16,19H,5-6,14H2,1-4H3. The van der Waals surface area contributed by atoms with Gasteiger partial charge in [0, 0.05) is 19.4 Å². The molecule has 2 aromatic rings. The Bertz CT molecular complexity index is 1130. The largest absolute Gasteiger partial charge is 0.308 e. The number of amides is 2. The fourth-order valence-electron chi connectivity index (χ4n) is 4.15. The molecule has 0 bridgehead atoms. The Morgan fingerprint density at radius 1 is 0.968 bits per heavy atom. The summed E-state index contributed by atoms with van der Waals surface area (Å²) in [5.74, 6) is 0.142. The number of carbonyl (C=O) groups excluding carboxylic acids is 2. The van der Waals surface area contributed by atoms with Crippen LogP contribution in [0.15, 0.2) is 47.4 Å². The van der Waals surface area contributed by atoms with Gasteiger partial charge in [0.15, 0.2) is 9.84 Å². The second-order valence-corrected chi connectivity index (χ2v) is 11.3. The van der Waals surface area contributed by atoms with Gasteiger partial charge in [0.25, 0.3) is 0 Å². The van der Waals surface area contributed by atoms with Gasteiger partial charge in [0.2, 0.25) is 11.8 Å². The zero-order chi connectivity index (χ0) is 22.5. The average molecular weight is 441 g/mol. The van der Waals surface area contributed by atoms with Gasteiger partial charge in [-0.1, -0.05) is 18.2 Å². The maximum Gasteiger partial charge on any atom is 0.230 e. The lowest BCUT2D eigenvalue weighted by Crippen LogP contribution is -2.51. The van der Waals surface area contributed by atoms with Gasteiger partial charge in [0.05, 0.1) is 27.6 Å². The van der Waals surface area contributed by atoms with Crippen LogP contribution >= 0.6 is 0 Å². The van der Waals surface area contributed by atoms with E-state index in [1.807, 2.05) is 30.0 Å². The van der Waals surface area contributed by atoms with Gasteiger partial charge in [-0.3, -0.25) is 9.59 Å². The SMILES string of the molecule is CC(=O)N1c2ccc(-c3ccc(S(=O)(=O)C(C)C)cc3)cc2N(C(=O)C2CC2)CC1C. The van der Waals surface area contributed by atoms with Crippen LogP contribution in [0, 0.1) is 5.92 Å². The van der Waals surface area contributed by atoms with Crippen molar-refractivity contribution in [3.8, 4) is 11.1 Å². The highest BCUT2D eigenvalue weighted by Gasteiger charge is 2.39. The lowest BCUT2D eigenvalue weighted by molar-refractivity contribution is -0.120. The number of sulfone groups is 1. The molecule has 0 spiro atoms. The van der Waals surface area contributed by atoms with E-state index in [-0.39, 0.29) is 23.8 Å². The first kappa shape index (κ1) is 21.6.